The Bertz CT molecular complexity index is 524. The molecule has 0 amide bonds. The molecule has 1 aliphatic heterocycles. The molecular formula is C12H11NOS. The summed E-state index contributed by atoms with van der Waals surface area (Å²) < 4.78 is 5.40. The van der Waals surface area contributed by atoms with Crippen LogP contribution in [-0.2, 0) is 0 Å². The van der Waals surface area contributed by atoms with Crippen LogP contribution in [0.5, 0.6) is 5.75 Å². The monoisotopic (exact) mass is 217 g/mol. The summed E-state index contributed by atoms with van der Waals surface area (Å²) >= 11 is 1.85. The lowest BCUT2D eigenvalue weighted by Gasteiger charge is -2.09. The zero-order valence-electron chi connectivity index (χ0n) is 8.41. The van der Waals surface area contributed by atoms with Crippen LogP contribution in [0.3, 0.4) is 0 Å². The van der Waals surface area contributed by atoms with E-state index in [1.165, 1.54) is 21.4 Å². The van der Waals surface area contributed by atoms with E-state index in [1.807, 2.05) is 17.8 Å². The lowest BCUT2D eigenvalue weighted by molar-refractivity contribution is 0.420. The summed E-state index contributed by atoms with van der Waals surface area (Å²) in [5, 5.41) is 5.82. The molecule has 0 bridgehead atoms. The molecule has 2 aromatic carbocycles. The van der Waals surface area contributed by atoms with E-state index in [0.717, 1.165) is 11.6 Å². The lowest BCUT2D eigenvalue weighted by Crippen LogP contribution is -1.91. The van der Waals surface area contributed by atoms with Crippen molar-refractivity contribution in [2.75, 3.05) is 18.3 Å². The van der Waals surface area contributed by atoms with E-state index in [-0.39, 0.29) is 0 Å². The van der Waals surface area contributed by atoms with E-state index in [1.54, 1.807) is 7.11 Å². The van der Waals surface area contributed by atoms with Gasteiger partial charge >= 0.3 is 0 Å². The van der Waals surface area contributed by atoms with Gasteiger partial charge in [-0.25, -0.2) is 0 Å². The third kappa shape index (κ3) is 1.27. The molecule has 0 aromatic heterocycles. The van der Waals surface area contributed by atoms with Crippen LogP contribution in [0.25, 0.3) is 10.8 Å². The number of anilines is 1. The van der Waals surface area contributed by atoms with Gasteiger partial charge in [-0.2, -0.15) is 0 Å². The Morgan fingerprint density at radius 3 is 2.87 bits per heavy atom. The Kier molecular flexibility index (Phi) is 1.99. The second kappa shape index (κ2) is 3.35. The van der Waals surface area contributed by atoms with Crippen molar-refractivity contribution >= 4 is 28.2 Å². The standard InChI is InChI=1S/C12H11NOS/c1-14-11-6-10-12(15-7-13-10)9-5-3-2-4-8(9)11/h2-6,13H,7H2,1H3. The Balaban J connectivity index is 2.41. The van der Waals surface area contributed by atoms with Gasteiger partial charge in [0.05, 0.1) is 18.7 Å². The first-order chi connectivity index (χ1) is 7.40. The highest BCUT2D eigenvalue weighted by Crippen LogP contribution is 2.43. The summed E-state index contributed by atoms with van der Waals surface area (Å²) in [7, 11) is 1.72. The molecule has 76 valence electrons. The van der Waals surface area contributed by atoms with Crippen LogP contribution in [0, 0.1) is 0 Å². The van der Waals surface area contributed by atoms with Gasteiger partial charge in [0.15, 0.2) is 0 Å². The first-order valence-electron chi connectivity index (χ1n) is 4.86. The van der Waals surface area contributed by atoms with Crippen molar-refractivity contribution < 1.29 is 4.74 Å². The number of fused-ring (bicyclic) bond motifs is 3. The van der Waals surface area contributed by atoms with E-state index in [2.05, 4.69) is 29.6 Å². The average molecular weight is 217 g/mol. The zero-order valence-corrected chi connectivity index (χ0v) is 9.23. The summed E-state index contributed by atoms with van der Waals surface area (Å²) in [6.07, 6.45) is 0. The fourth-order valence-electron chi connectivity index (χ4n) is 1.96. The predicted molar refractivity (Wildman–Crippen MR) is 64.8 cm³/mol. The molecule has 1 aliphatic rings. The van der Waals surface area contributed by atoms with Gasteiger partial charge < -0.3 is 10.1 Å². The first kappa shape index (κ1) is 8.92. The number of hydrogen-bond acceptors (Lipinski definition) is 3. The second-order valence-electron chi connectivity index (χ2n) is 3.47. The highest BCUT2D eigenvalue weighted by atomic mass is 32.2. The van der Waals surface area contributed by atoms with Crippen LogP contribution in [0.15, 0.2) is 35.2 Å². The third-order valence-corrected chi connectivity index (χ3v) is 3.67. The minimum absolute atomic E-state index is 0.944. The molecular weight excluding hydrogens is 206 g/mol. The predicted octanol–water partition coefficient (Wildman–Crippen LogP) is 3.32. The van der Waals surface area contributed by atoms with E-state index >= 15 is 0 Å². The molecule has 2 aromatic rings. The molecule has 0 saturated carbocycles. The normalized spacial score (nSPS) is 13.7. The summed E-state index contributed by atoms with van der Waals surface area (Å²) in [5.74, 6) is 1.89. The van der Waals surface area contributed by atoms with Gasteiger partial charge in [-0.05, 0) is 0 Å². The molecule has 0 unspecified atom stereocenters. The zero-order chi connectivity index (χ0) is 10.3. The van der Waals surface area contributed by atoms with Crippen LogP contribution in [0.2, 0.25) is 0 Å². The van der Waals surface area contributed by atoms with Crippen LogP contribution in [-0.4, -0.2) is 13.0 Å². The van der Waals surface area contributed by atoms with E-state index in [0.29, 0.717) is 0 Å². The van der Waals surface area contributed by atoms with Gasteiger partial charge in [-0.1, -0.05) is 24.3 Å². The van der Waals surface area contributed by atoms with Crippen molar-refractivity contribution in [2.45, 2.75) is 4.90 Å². The maximum atomic E-state index is 5.40. The van der Waals surface area contributed by atoms with Crippen LogP contribution < -0.4 is 10.1 Å². The van der Waals surface area contributed by atoms with Crippen LogP contribution >= 0.6 is 11.8 Å². The minimum Gasteiger partial charge on any atom is -0.496 e. The quantitative estimate of drug-likeness (QED) is 0.791. The number of methoxy groups -OCH3 is 1. The van der Waals surface area contributed by atoms with Crippen molar-refractivity contribution in [2.24, 2.45) is 0 Å². The van der Waals surface area contributed by atoms with Gasteiger partial charge in [0.1, 0.15) is 5.75 Å². The Morgan fingerprint density at radius 1 is 1.27 bits per heavy atom. The van der Waals surface area contributed by atoms with E-state index in [9.17, 15) is 0 Å². The van der Waals surface area contributed by atoms with Gasteiger partial charge in [0, 0.05) is 21.7 Å². The first-order valence-corrected chi connectivity index (χ1v) is 5.85. The Morgan fingerprint density at radius 2 is 2.07 bits per heavy atom. The molecule has 15 heavy (non-hydrogen) atoms. The van der Waals surface area contributed by atoms with Gasteiger partial charge in [-0.3, -0.25) is 0 Å². The molecule has 0 atom stereocenters. The summed E-state index contributed by atoms with van der Waals surface area (Å²) in [6, 6.07) is 10.5. The van der Waals surface area contributed by atoms with E-state index < -0.39 is 0 Å². The maximum absolute atomic E-state index is 5.40. The Labute approximate surface area is 92.6 Å². The number of hydrogen-bond donors (Lipinski definition) is 1. The fraction of sp³-hybridized carbons (Fsp3) is 0.167. The summed E-state index contributed by atoms with van der Waals surface area (Å²) in [4.78, 5) is 1.34. The molecule has 0 fully saturated rings. The van der Waals surface area contributed by atoms with Crippen molar-refractivity contribution in [3.8, 4) is 5.75 Å². The fourth-order valence-corrected chi connectivity index (χ4v) is 2.95. The van der Waals surface area contributed by atoms with Gasteiger partial charge in [-0.15, -0.1) is 11.8 Å². The molecule has 1 N–H and O–H groups in total. The number of benzene rings is 2. The van der Waals surface area contributed by atoms with Gasteiger partial charge in [0.2, 0.25) is 0 Å². The maximum Gasteiger partial charge on any atom is 0.128 e. The molecule has 2 nitrogen and oxygen atoms in total. The SMILES string of the molecule is COc1cc2c(c3ccccc13)SCN2. The average Bonchev–Trinajstić information content (AvgIpc) is 2.76. The molecule has 3 rings (SSSR count). The number of nitrogens with one attached hydrogen (secondary N) is 1. The highest BCUT2D eigenvalue weighted by molar-refractivity contribution is 8.00. The molecule has 0 spiro atoms. The summed E-state index contributed by atoms with van der Waals surface area (Å²) in [6.45, 7) is 0. The van der Waals surface area contributed by atoms with Crippen molar-refractivity contribution in [1.29, 1.82) is 0 Å². The summed E-state index contributed by atoms with van der Waals surface area (Å²) in [5.41, 5.74) is 1.19. The molecule has 0 saturated heterocycles. The second-order valence-corrected chi connectivity index (χ2v) is 4.45. The topological polar surface area (TPSA) is 21.3 Å². The number of thioether (sulfide) groups is 1. The molecule has 3 heteroatoms. The molecule has 0 radical (unpaired) electrons. The molecule has 0 aliphatic carbocycles. The third-order valence-electron chi connectivity index (χ3n) is 2.66. The van der Waals surface area contributed by atoms with E-state index in [4.69, 9.17) is 4.74 Å². The highest BCUT2D eigenvalue weighted by Gasteiger charge is 2.16. The van der Waals surface area contributed by atoms with Gasteiger partial charge in [0.25, 0.3) is 0 Å². The van der Waals surface area contributed by atoms with Crippen molar-refractivity contribution in [3.63, 3.8) is 0 Å². The van der Waals surface area contributed by atoms with Crippen LogP contribution in [0.4, 0.5) is 5.69 Å². The largest absolute Gasteiger partial charge is 0.496 e. The minimum atomic E-state index is 0.944. The smallest absolute Gasteiger partial charge is 0.128 e. The van der Waals surface area contributed by atoms with Crippen molar-refractivity contribution in [1.82, 2.24) is 0 Å². The number of ether oxygens (including phenoxy) is 1. The number of rotatable bonds is 1. The lowest BCUT2D eigenvalue weighted by atomic mass is 10.1. The Hall–Kier alpha value is -1.35. The van der Waals surface area contributed by atoms with Crippen molar-refractivity contribution in [3.05, 3.63) is 30.3 Å². The molecule has 1 heterocycles. The van der Waals surface area contributed by atoms with Crippen LogP contribution in [0.1, 0.15) is 0 Å².